The molecule has 0 radical (unpaired) electrons. The Morgan fingerprint density at radius 1 is 1.11 bits per heavy atom. The SMILES string of the molecule is O=C(O)c1ccc(COCc2ccccc2)nc1. The van der Waals surface area contributed by atoms with Crippen molar-refractivity contribution in [1.29, 1.82) is 0 Å². The minimum Gasteiger partial charge on any atom is -0.478 e. The van der Waals surface area contributed by atoms with Crippen LogP contribution in [0.3, 0.4) is 0 Å². The van der Waals surface area contributed by atoms with Crippen molar-refractivity contribution in [3.05, 3.63) is 65.5 Å². The molecule has 0 aliphatic heterocycles. The van der Waals surface area contributed by atoms with Crippen LogP contribution in [0, 0.1) is 0 Å². The summed E-state index contributed by atoms with van der Waals surface area (Å²) in [6.07, 6.45) is 1.34. The van der Waals surface area contributed by atoms with Gasteiger partial charge in [-0.3, -0.25) is 4.98 Å². The molecule has 0 saturated carbocycles. The summed E-state index contributed by atoms with van der Waals surface area (Å²) in [5.41, 5.74) is 2.00. The lowest BCUT2D eigenvalue weighted by Gasteiger charge is -2.04. The molecule has 18 heavy (non-hydrogen) atoms. The van der Waals surface area contributed by atoms with Crippen LogP contribution in [0.1, 0.15) is 21.6 Å². The summed E-state index contributed by atoms with van der Waals surface area (Å²) in [6.45, 7) is 0.887. The van der Waals surface area contributed by atoms with E-state index in [2.05, 4.69) is 4.98 Å². The summed E-state index contributed by atoms with van der Waals surface area (Å²) in [6, 6.07) is 13.0. The first-order valence-corrected chi connectivity index (χ1v) is 5.55. The van der Waals surface area contributed by atoms with E-state index in [1.807, 2.05) is 30.3 Å². The van der Waals surface area contributed by atoms with E-state index in [1.165, 1.54) is 12.3 Å². The standard InChI is InChI=1S/C14H13NO3/c16-14(17)12-6-7-13(15-8-12)10-18-9-11-4-2-1-3-5-11/h1-8H,9-10H2,(H,16,17). The average molecular weight is 243 g/mol. The van der Waals surface area contributed by atoms with Gasteiger partial charge in [0.15, 0.2) is 0 Å². The van der Waals surface area contributed by atoms with Gasteiger partial charge < -0.3 is 9.84 Å². The number of rotatable bonds is 5. The lowest BCUT2D eigenvalue weighted by Crippen LogP contribution is -2.00. The maximum atomic E-state index is 10.6. The first kappa shape index (κ1) is 12.3. The van der Waals surface area contributed by atoms with Crippen molar-refractivity contribution in [2.75, 3.05) is 0 Å². The maximum absolute atomic E-state index is 10.6. The zero-order chi connectivity index (χ0) is 12.8. The lowest BCUT2D eigenvalue weighted by molar-refractivity contribution is 0.0696. The Bertz CT molecular complexity index is 508. The summed E-state index contributed by atoms with van der Waals surface area (Å²) < 4.78 is 5.50. The predicted octanol–water partition coefficient (Wildman–Crippen LogP) is 2.50. The molecule has 2 rings (SSSR count). The number of pyridine rings is 1. The highest BCUT2D eigenvalue weighted by atomic mass is 16.5. The van der Waals surface area contributed by atoms with Gasteiger partial charge in [0.1, 0.15) is 0 Å². The van der Waals surface area contributed by atoms with E-state index >= 15 is 0 Å². The third-order valence-electron chi connectivity index (χ3n) is 2.43. The minimum absolute atomic E-state index is 0.182. The van der Waals surface area contributed by atoms with Crippen molar-refractivity contribution in [2.24, 2.45) is 0 Å². The number of hydrogen-bond donors (Lipinski definition) is 1. The molecule has 0 saturated heterocycles. The second-order valence-electron chi connectivity index (χ2n) is 3.82. The second kappa shape index (κ2) is 5.93. The van der Waals surface area contributed by atoms with Gasteiger partial charge in [-0.1, -0.05) is 30.3 Å². The first-order valence-electron chi connectivity index (χ1n) is 5.55. The molecule has 1 heterocycles. The number of hydrogen-bond acceptors (Lipinski definition) is 3. The van der Waals surface area contributed by atoms with E-state index in [1.54, 1.807) is 6.07 Å². The Kier molecular flexibility index (Phi) is 4.04. The van der Waals surface area contributed by atoms with Crippen LogP contribution in [-0.4, -0.2) is 16.1 Å². The zero-order valence-corrected chi connectivity index (χ0v) is 9.74. The molecule has 0 amide bonds. The molecule has 0 bridgehead atoms. The molecule has 1 aromatic heterocycles. The molecule has 1 aromatic carbocycles. The van der Waals surface area contributed by atoms with Crippen LogP contribution >= 0.6 is 0 Å². The molecule has 0 atom stereocenters. The molecule has 1 N–H and O–H groups in total. The first-order chi connectivity index (χ1) is 8.75. The largest absolute Gasteiger partial charge is 0.478 e. The number of ether oxygens (including phenoxy) is 1. The van der Waals surface area contributed by atoms with Gasteiger partial charge in [0.25, 0.3) is 0 Å². The van der Waals surface area contributed by atoms with Crippen LogP contribution < -0.4 is 0 Å². The molecule has 0 aliphatic rings. The molecular formula is C14H13NO3. The smallest absolute Gasteiger partial charge is 0.337 e. The molecular weight excluding hydrogens is 230 g/mol. The van der Waals surface area contributed by atoms with Gasteiger partial charge in [-0.2, -0.15) is 0 Å². The topological polar surface area (TPSA) is 59.4 Å². The second-order valence-corrected chi connectivity index (χ2v) is 3.82. The number of carboxylic acid groups (broad SMARTS) is 1. The summed E-state index contributed by atoms with van der Waals surface area (Å²) in [7, 11) is 0. The van der Waals surface area contributed by atoms with E-state index in [0.29, 0.717) is 13.2 Å². The van der Waals surface area contributed by atoms with Gasteiger partial charge in [0.2, 0.25) is 0 Å². The van der Waals surface area contributed by atoms with Crippen molar-refractivity contribution in [1.82, 2.24) is 4.98 Å². The van der Waals surface area contributed by atoms with Gasteiger partial charge in [-0.05, 0) is 17.7 Å². The van der Waals surface area contributed by atoms with E-state index in [-0.39, 0.29) is 5.56 Å². The summed E-state index contributed by atoms with van der Waals surface area (Å²) in [4.78, 5) is 14.7. The van der Waals surface area contributed by atoms with Gasteiger partial charge >= 0.3 is 5.97 Å². The van der Waals surface area contributed by atoms with E-state index in [9.17, 15) is 4.79 Å². The van der Waals surface area contributed by atoms with E-state index < -0.39 is 5.97 Å². The van der Waals surface area contributed by atoms with Crippen LogP contribution in [0.15, 0.2) is 48.7 Å². The van der Waals surface area contributed by atoms with Crippen molar-refractivity contribution < 1.29 is 14.6 Å². The van der Waals surface area contributed by atoms with Crippen molar-refractivity contribution in [3.63, 3.8) is 0 Å². The Morgan fingerprint density at radius 2 is 1.89 bits per heavy atom. The number of carbonyl (C=O) groups is 1. The van der Waals surface area contributed by atoms with Gasteiger partial charge in [-0.15, -0.1) is 0 Å². The predicted molar refractivity (Wildman–Crippen MR) is 66.1 cm³/mol. The van der Waals surface area contributed by atoms with Crippen molar-refractivity contribution in [3.8, 4) is 0 Å². The third kappa shape index (κ3) is 3.40. The number of aromatic nitrogens is 1. The van der Waals surface area contributed by atoms with Crippen LogP contribution in [0.25, 0.3) is 0 Å². The Labute approximate surface area is 105 Å². The van der Waals surface area contributed by atoms with Gasteiger partial charge in [-0.25, -0.2) is 4.79 Å². The fraction of sp³-hybridized carbons (Fsp3) is 0.143. The Balaban J connectivity index is 1.85. The molecule has 92 valence electrons. The maximum Gasteiger partial charge on any atom is 0.337 e. The van der Waals surface area contributed by atoms with Crippen molar-refractivity contribution >= 4 is 5.97 Å². The Morgan fingerprint density at radius 3 is 2.50 bits per heavy atom. The molecule has 4 nitrogen and oxygen atoms in total. The fourth-order valence-electron chi connectivity index (χ4n) is 1.48. The lowest BCUT2D eigenvalue weighted by atomic mass is 10.2. The van der Waals surface area contributed by atoms with Crippen LogP contribution in [0.4, 0.5) is 0 Å². The fourth-order valence-corrected chi connectivity index (χ4v) is 1.48. The zero-order valence-electron chi connectivity index (χ0n) is 9.74. The molecule has 0 spiro atoms. The molecule has 0 unspecified atom stereocenters. The van der Waals surface area contributed by atoms with E-state index in [4.69, 9.17) is 9.84 Å². The quantitative estimate of drug-likeness (QED) is 0.876. The number of aromatic carboxylic acids is 1. The van der Waals surface area contributed by atoms with Gasteiger partial charge in [0, 0.05) is 6.20 Å². The monoisotopic (exact) mass is 243 g/mol. The van der Waals surface area contributed by atoms with Crippen molar-refractivity contribution in [2.45, 2.75) is 13.2 Å². The van der Waals surface area contributed by atoms with Crippen LogP contribution in [-0.2, 0) is 18.0 Å². The highest BCUT2D eigenvalue weighted by Crippen LogP contribution is 2.05. The normalized spacial score (nSPS) is 10.2. The molecule has 2 aromatic rings. The Hall–Kier alpha value is -2.20. The highest BCUT2D eigenvalue weighted by Gasteiger charge is 2.02. The summed E-state index contributed by atoms with van der Waals surface area (Å²) >= 11 is 0. The van der Waals surface area contributed by atoms with Gasteiger partial charge in [0.05, 0.1) is 24.5 Å². The summed E-state index contributed by atoms with van der Waals surface area (Å²) in [5, 5.41) is 8.73. The molecule has 0 fully saturated rings. The molecule has 4 heteroatoms. The van der Waals surface area contributed by atoms with Crippen LogP contribution in [0.2, 0.25) is 0 Å². The van der Waals surface area contributed by atoms with Crippen LogP contribution in [0.5, 0.6) is 0 Å². The molecule has 0 aliphatic carbocycles. The third-order valence-corrected chi connectivity index (χ3v) is 2.43. The minimum atomic E-state index is -0.973. The number of nitrogens with zero attached hydrogens (tertiary/aromatic N) is 1. The number of benzene rings is 1. The summed E-state index contributed by atoms with van der Waals surface area (Å²) in [5.74, 6) is -0.973. The highest BCUT2D eigenvalue weighted by molar-refractivity contribution is 5.87. The van der Waals surface area contributed by atoms with E-state index in [0.717, 1.165) is 11.3 Å². The average Bonchev–Trinajstić information content (AvgIpc) is 2.40. The number of carboxylic acids is 1.